The van der Waals surface area contributed by atoms with Crippen molar-refractivity contribution in [1.82, 2.24) is 4.98 Å². The van der Waals surface area contributed by atoms with Crippen LogP contribution in [0.1, 0.15) is 5.56 Å². The zero-order valence-corrected chi connectivity index (χ0v) is 8.62. The van der Waals surface area contributed by atoms with Gasteiger partial charge in [0, 0.05) is 17.1 Å². The van der Waals surface area contributed by atoms with E-state index in [0.29, 0.717) is 0 Å². The number of anilines is 1. The Morgan fingerprint density at radius 3 is 3.13 bits per heavy atom. The Hall–Kier alpha value is -1.52. The molecule has 3 nitrogen and oxygen atoms in total. The molecule has 0 fully saturated rings. The van der Waals surface area contributed by atoms with Gasteiger partial charge in [-0.25, -0.2) is 4.72 Å². The van der Waals surface area contributed by atoms with Crippen LogP contribution in [0.15, 0.2) is 35.9 Å². The van der Waals surface area contributed by atoms with E-state index in [0.717, 1.165) is 22.2 Å². The Morgan fingerprint density at radius 2 is 2.20 bits per heavy atom. The number of pyridine rings is 1. The molecule has 2 aromatic rings. The summed E-state index contributed by atoms with van der Waals surface area (Å²) in [7, 11) is 0. The second-order valence-electron chi connectivity index (χ2n) is 3.30. The fraction of sp³-hybridized carbons (Fsp3) is 0. The number of rotatable bonds is 0. The van der Waals surface area contributed by atoms with Crippen molar-refractivity contribution in [2.24, 2.45) is 0 Å². The molecule has 1 aromatic carbocycles. The maximum atomic E-state index is 11.3. The van der Waals surface area contributed by atoms with Gasteiger partial charge >= 0.3 is 0 Å². The van der Waals surface area contributed by atoms with E-state index in [1.807, 2.05) is 30.3 Å². The van der Waals surface area contributed by atoms with Crippen LogP contribution in [0, 0.1) is 0 Å². The molecule has 1 atom stereocenters. The van der Waals surface area contributed by atoms with E-state index < -0.39 is 11.4 Å². The fourth-order valence-electron chi connectivity index (χ4n) is 1.70. The Balaban J connectivity index is 2.33. The lowest BCUT2D eigenvalue weighted by molar-refractivity contribution is 0.608. The smallest absolute Gasteiger partial charge is 0.145 e. The number of hydrogen-bond acceptors (Lipinski definition) is 3. The zero-order valence-electron chi connectivity index (χ0n) is 7.81. The van der Waals surface area contributed by atoms with Crippen LogP contribution >= 0.6 is 0 Å². The summed E-state index contributed by atoms with van der Waals surface area (Å²) in [6.45, 7) is 0. The fourth-order valence-corrected chi connectivity index (χ4v) is 2.42. The van der Waals surface area contributed by atoms with Gasteiger partial charge in [-0.15, -0.1) is 0 Å². The minimum absolute atomic E-state index is 0.877. The highest BCUT2D eigenvalue weighted by Gasteiger charge is 2.15. The molecule has 0 saturated heterocycles. The van der Waals surface area contributed by atoms with Crippen molar-refractivity contribution in [2.45, 2.75) is 0 Å². The largest absolute Gasteiger partial charge is 0.588 e. The second-order valence-corrected chi connectivity index (χ2v) is 4.38. The predicted molar refractivity (Wildman–Crippen MR) is 62.5 cm³/mol. The van der Waals surface area contributed by atoms with Crippen LogP contribution in [0.4, 0.5) is 5.69 Å². The number of nitrogens with one attached hydrogen (secondary N) is 1. The summed E-state index contributed by atoms with van der Waals surface area (Å²) in [5.74, 6) is 0. The summed E-state index contributed by atoms with van der Waals surface area (Å²) < 4.78 is 14.2. The van der Waals surface area contributed by atoms with Gasteiger partial charge < -0.3 is 4.55 Å². The van der Waals surface area contributed by atoms with Crippen molar-refractivity contribution in [3.63, 3.8) is 0 Å². The third-order valence-corrected chi connectivity index (χ3v) is 3.19. The lowest BCUT2D eigenvalue weighted by Gasteiger charge is -2.15. The van der Waals surface area contributed by atoms with Crippen molar-refractivity contribution in [3.05, 3.63) is 41.4 Å². The number of aromatic nitrogens is 1. The Morgan fingerprint density at radius 1 is 1.27 bits per heavy atom. The summed E-state index contributed by atoms with van der Waals surface area (Å²) in [6, 6.07) is 7.83. The predicted octanol–water partition coefficient (Wildman–Crippen LogP) is 2.29. The van der Waals surface area contributed by atoms with Crippen LogP contribution in [-0.2, 0) is 11.4 Å². The van der Waals surface area contributed by atoms with Gasteiger partial charge in [0.05, 0.1) is 22.6 Å². The minimum atomic E-state index is -1.10. The van der Waals surface area contributed by atoms with Gasteiger partial charge in [-0.05, 0) is 18.2 Å². The molecule has 0 radical (unpaired) electrons. The van der Waals surface area contributed by atoms with Gasteiger partial charge in [-0.2, -0.15) is 0 Å². The third-order valence-electron chi connectivity index (χ3n) is 2.38. The molecule has 0 bridgehead atoms. The maximum absolute atomic E-state index is 11.3. The summed E-state index contributed by atoms with van der Waals surface area (Å²) in [6.07, 6.45) is 3.62. The zero-order chi connectivity index (χ0) is 10.3. The maximum Gasteiger partial charge on any atom is 0.145 e. The molecular weight excluding hydrogens is 208 g/mol. The summed E-state index contributed by atoms with van der Waals surface area (Å²) in [5, 5.41) is 2.73. The lowest BCUT2D eigenvalue weighted by Crippen LogP contribution is -2.13. The van der Waals surface area contributed by atoms with E-state index in [9.17, 15) is 4.55 Å². The summed E-state index contributed by atoms with van der Waals surface area (Å²) in [4.78, 5) is 4.33. The first-order valence-corrected chi connectivity index (χ1v) is 5.79. The lowest BCUT2D eigenvalue weighted by atomic mass is 10.1. The molecule has 1 N–H and O–H groups in total. The quantitative estimate of drug-likeness (QED) is 0.687. The van der Waals surface area contributed by atoms with Crippen LogP contribution in [0.3, 0.4) is 0 Å². The molecule has 0 amide bonds. The van der Waals surface area contributed by atoms with Crippen LogP contribution in [0.5, 0.6) is 0 Å². The van der Waals surface area contributed by atoms with Crippen molar-refractivity contribution in [1.29, 1.82) is 0 Å². The number of hydrogen-bond donors (Lipinski definition) is 1. The van der Waals surface area contributed by atoms with E-state index in [1.165, 1.54) is 0 Å². The highest BCUT2D eigenvalue weighted by molar-refractivity contribution is 7.95. The number of fused-ring (bicyclic) bond motifs is 3. The normalized spacial score (nSPS) is 18.6. The molecule has 74 valence electrons. The molecule has 1 aliphatic rings. The average Bonchev–Trinajstić information content (AvgIpc) is 2.28. The molecule has 15 heavy (non-hydrogen) atoms. The van der Waals surface area contributed by atoms with E-state index in [4.69, 9.17) is 0 Å². The van der Waals surface area contributed by atoms with Crippen LogP contribution in [0.25, 0.3) is 17.0 Å². The second kappa shape index (κ2) is 3.25. The molecule has 1 aliphatic heterocycles. The van der Waals surface area contributed by atoms with E-state index in [-0.39, 0.29) is 0 Å². The summed E-state index contributed by atoms with van der Waals surface area (Å²) in [5.41, 5.74) is 2.82. The van der Waals surface area contributed by atoms with Crippen molar-refractivity contribution in [3.8, 4) is 0 Å². The van der Waals surface area contributed by atoms with Gasteiger partial charge in [0.15, 0.2) is 0 Å². The van der Waals surface area contributed by atoms with Crippen molar-refractivity contribution in [2.75, 3.05) is 4.72 Å². The molecule has 1 aromatic heterocycles. The van der Waals surface area contributed by atoms with Gasteiger partial charge in [0.1, 0.15) is 5.41 Å². The molecule has 4 heteroatoms. The Labute approximate surface area is 90.1 Å². The van der Waals surface area contributed by atoms with E-state index in [1.54, 1.807) is 11.6 Å². The topological polar surface area (TPSA) is 48.0 Å². The number of benzene rings is 1. The van der Waals surface area contributed by atoms with Gasteiger partial charge in [0.2, 0.25) is 0 Å². The standard InChI is InChI=1S/C11H8N2OS/c14-15-7-5-9-10(13-15)4-3-8-2-1-6-12-11(8)9/h1-7,13H. The van der Waals surface area contributed by atoms with Crippen LogP contribution in [0.2, 0.25) is 0 Å². The van der Waals surface area contributed by atoms with E-state index in [2.05, 4.69) is 9.71 Å². The number of nitrogens with zero attached hydrogens (tertiary/aromatic N) is 1. The molecular formula is C11H8N2OS. The van der Waals surface area contributed by atoms with Gasteiger partial charge in [-0.1, -0.05) is 12.1 Å². The molecule has 2 heterocycles. The minimum Gasteiger partial charge on any atom is -0.588 e. The first-order valence-electron chi connectivity index (χ1n) is 4.58. The summed E-state index contributed by atoms with van der Waals surface area (Å²) >= 11 is -1.10. The monoisotopic (exact) mass is 216 g/mol. The molecule has 3 rings (SSSR count). The molecule has 0 aliphatic carbocycles. The van der Waals surface area contributed by atoms with Gasteiger partial charge in [0.25, 0.3) is 0 Å². The third kappa shape index (κ3) is 1.38. The highest BCUT2D eigenvalue weighted by atomic mass is 32.2. The first kappa shape index (κ1) is 8.76. The Bertz CT molecular complexity index is 553. The first-order chi connectivity index (χ1) is 7.34. The highest BCUT2D eigenvalue weighted by Crippen LogP contribution is 2.29. The van der Waals surface area contributed by atoms with Gasteiger partial charge in [-0.3, -0.25) is 4.98 Å². The van der Waals surface area contributed by atoms with E-state index >= 15 is 0 Å². The molecule has 0 spiro atoms. The molecule has 1 unspecified atom stereocenters. The van der Waals surface area contributed by atoms with Crippen LogP contribution in [-0.4, -0.2) is 9.54 Å². The van der Waals surface area contributed by atoms with Crippen molar-refractivity contribution < 1.29 is 4.55 Å². The van der Waals surface area contributed by atoms with Crippen LogP contribution < -0.4 is 4.72 Å². The average molecular weight is 216 g/mol. The SMILES string of the molecule is [O-][S+]1C=Cc2c(ccc3cccnc23)N1. The molecule has 0 saturated carbocycles. The Kier molecular flexibility index (Phi) is 1.90. The van der Waals surface area contributed by atoms with Crippen molar-refractivity contribution >= 4 is 34.0 Å².